The van der Waals surface area contributed by atoms with Gasteiger partial charge in [-0.05, 0) is 48.6 Å². The number of methoxy groups -OCH3 is 1. The highest BCUT2D eigenvalue weighted by Gasteiger charge is 2.14. The summed E-state index contributed by atoms with van der Waals surface area (Å²) in [6.45, 7) is 3.63. The van der Waals surface area contributed by atoms with Crippen molar-refractivity contribution in [3.63, 3.8) is 0 Å². The number of carbonyl (C=O) groups is 2. The van der Waals surface area contributed by atoms with Gasteiger partial charge in [-0.3, -0.25) is 14.9 Å². The van der Waals surface area contributed by atoms with Crippen molar-refractivity contribution in [2.75, 3.05) is 17.7 Å². The molecule has 6 nitrogen and oxygen atoms in total. The molecule has 0 saturated carbocycles. The smallest absolute Gasteiger partial charge is 0.257 e. The standard InChI is InChI=1S/C19H19Cl2N3O3S/c1-10(2)17(25)22-12-4-6-13(7-5-12)23-19(28)24-18(26)11-8-14(20)16(27-3)15(21)9-11/h4-10H,1-3H3,(H,22,25)(H2,23,24,26,28). The molecular weight excluding hydrogens is 421 g/mol. The van der Waals surface area contributed by atoms with Crippen molar-refractivity contribution in [2.24, 2.45) is 5.92 Å². The molecule has 0 spiro atoms. The lowest BCUT2D eigenvalue weighted by atomic mass is 10.2. The molecule has 0 heterocycles. The van der Waals surface area contributed by atoms with E-state index < -0.39 is 5.91 Å². The predicted molar refractivity (Wildman–Crippen MR) is 117 cm³/mol. The summed E-state index contributed by atoms with van der Waals surface area (Å²) >= 11 is 17.3. The van der Waals surface area contributed by atoms with Crippen LogP contribution < -0.4 is 20.7 Å². The molecule has 2 aromatic rings. The van der Waals surface area contributed by atoms with Crippen molar-refractivity contribution < 1.29 is 14.3 Å². The van der Waals surface area contributed by atoms with Crippen LogP contribution in [0.3, 0.4) is 0 Å². The van der Waals surface area contributed by atoms with E-state index in [2.05, 4.69) is 16.0 Å². The van der Waals surface area contributed by atoms with Gasteiger partial charge in [0.05, 0.1) is 17.2 Å². The zero-order chi connectivity index (χ0) is 20.8. The van der Waals surface area contributed by atoms with Crippen molar-refractivity contribution in [1.29, 1.82) is 0 Å². The van der Waals surface area contributed by atoms with Crippen LogP contribution >= 0.6 is 35.4 Å². The van der Waals surface area contributed by atoms with Gasteiger partial charge < -0.3 is 15.4 Å². The fourth-order valence-corrected chi connectivity index (χ4v) is 3.00. The summed E-state index contributed by atoms with van der Waals surface area (Å²) < 4.78 is 5.06. The minimum Gasteiger partial charge on any atom is -0.494 e. The topological polar surface area (TPSA) is 79.5 Å². The molecule has 2 amide bonds. The monoisotopic (exact) mass is 439 g/mol. The zero-order valence-corrected chi connectivity index (χ0v) is 17.8. The maximum Gasteiger partial charge on any atom is 0.257 e. The number of carbonyl (C=O) groups excluding carboxylic acids is 2. The molecule has 0 aliphatic rings. The Balaban J connectivity index is 1.98. The van der Waals surface area contributed by atoms with E-state index in [9.17, 15) is 9.59 Å². The second-order valence-electron chi connectivity index (χ2n) is 6.10. The highest BCUT2D eigenvalue weighted by atomic mass is 35.5. The zero-order valence-electron chi connectivity index (χ0n) is 15.4. The van der Waals surface area contributed by atoms with Crippen LogP contribution in [0.15, 0.2) is 36.4 Å². The maximum absolute atomic E-state index is 12.3. The number of rotatable bonds is 5. The number of benzene rings is 2. The molecule has 3 N–H and O–H groups in total. The third-order valence-electron chi connectivity index (χ3n) is 3.63. The van der Waals surface area contributed by atoms with E-state index in [4.69, 9.17) is 40.2 Å². The molecule has 9 heteroatoms. The summed E-state index contributed by atoms with van der Waals surface area (Å²) in [5.74, 6) is -0.351. The van der Waals surface area contributed by atoms with Crippen LogP contribution in [0.1, 0.15) is 24.2 Å². The third-order valence-corrected chi connectivity index (χ3v) is 4.39. The molecule has 148 valence electrons. The Morgan fingerprint density at radius 2 is 1.50 bits per heavy atom. The second-order valence-corrected chi connectivity index (χ2v) is 7.33. The van der Waals surface area contributed by atoms with E-state index in [0.29, 0.717) is 17.1 Å². The highest BCUT2D eigenvalue weighted by Crippen LogP contribution is 2.33. The van der Waals surface area contributed by atoms with Gasteiger partial charge in [0, 0.05) is 22.9 Å². The summed E-state index contributed by atoms with van der Waals surface area (Å²) in [5.41, 5.74) is 1.56. The average Bonchev–Trinajstić information content (AvgIpc) is 2.62. The van der Waals surface area contributed by atoms with E-state index in [1.165, 1.54) is 19.2 Å². The summed E-state index contributed by atoms with van der Waals surface area (Å²) in [5, 5.41) is 8.78. The molecule has 0 aliphatic heterocycles. The Labute approximate surface area is 178 Å². The molecule has 0 saturated heterocycles. The molecule has 0 radical (unpaired) electrons. The molecule has 0 aliphatic carbocycles. The molecular formula is C19H19Cl2N3O3S. The van der Waals surface area contributed by atoms with Gasteiger partial charge in [0.2, 0.25) is 5.91 Å². The summed E-state index contributed by atoms with van der Waals surface area (Å²) in [6.07, 6.45) is 0. The van der Waals surface area contributed by atoms with Gasteiger partial charge in [-0.15, -0.1) is 0 Å². The summed E-state index contributed by atoms with van der Waals surface area (Å²) in [4.78, 5) is 24.0. The number of halogens is 2. The van der Waals surface area contributed by atoms with Gasteiger partial charge in [0.1, 0.15) is 0 Å². The Bertz CT molecular complexity index is 879. The first-order valence-electron chi connectivity index (χ1n) is 8.27. The van der Waals surface area contributed by atoms with Gasteiger partial charge in [-0.2, -0.15) is 0 Å². The van der Waals surface area contributed by atoms with Crippen LogP contribution in [0.5, 0.6) is 5.75 Å². The lowest BCUT2D eigenvalue weighted by Crippen LogP contribution is -2.34. The minimum absolute atomic E-state index is 0.0692. The Kier molecular flexibility index (Phi) is 7.62. The number of hydrogen-bond acceptors (Lipinski definition) is 4. The summed E-state index contributed by atoms with van der Waals surface area (Å²) in [6, 6.07) is 9.81. The number of thiocarbonyl (C=S) groups is 1. The number of nitrogens with one attached hydrogen (secondary N) is 3. The normalized spacial score (nSPS) is 10.4. The molecule has 2 rings (SSSR count). The minimum atomic E-state index is -0.468. The van der Waals surface area contributed by atoms with Crippen molar-refractivity contribution >= 4 is 63.7 Å². The van der Waals surface area contributed by atoms with Crippen LogP contribution in [-0.2, 0) is 4.79 Å². The lowest BCUT2D eigenvalue weighted by Gasteiger charge is -2.12. The fraction of sp³-hybridized carbons (Fsp3) is 0.211. The van der Waals surface area contributed by atoms with E-state index in [1.54, 1.807) is 24.3 Å². The largest absolute Gasteiger partial charge is 0.494 e. The van der Waals surface area contributed by atoms with Crippen LogP contribution in [0.2, 0.25) is 10.0 Å². The van der Waals surface area contributed by atoms with Crippen molar-refractivity contribution in [3.05, 3.63) is 52.0 Å². The lowest BCUT2D eigenvalue weighted by molar-refractivity contribution is -0.118. The van der Waals surface area contributed by atoms with E-state index >= 15 is 0 Å². The van der Waals surface area contributed by atoms with Crippen LogP contribution in [0.4, 0.5) is 11.4 Å². The highest BCUT2D eigenvalue weighted by molar-refractivity contribution is 7.80. The molecule has 0 bridgehead atoms. The predicted octanol–water partition coefficient (Wildman–Crippen LogP) is 4.72. The first-order valence-corrected chi connectivity index (χ1v) is 9.44. The van der Waals surface area contributed by atoms with Gasteiger partial charge in [0.15, 0.2) is 10.9 Å². The number of amides is 2. The van der Waals surface area contributed by atoms with Gasteiger partial charge in [0.25, 0.3) is 5.91 Å². The SMILES string of the molecule is COc1c(Cl)cc(C(=O)NC(=S)Nc2ccc(NC(=O)C(C)C)cc2)cc1Cl. The first kappa shape index (κ1) is 21.9. The molecule has 0 unspecified atom stereocenters. The Morgan fingerprint density at radius 3 is 1.96 bits per heavy atom. The third kappa shape index (κ3) is 5.82. The summed E-state index contributed by atoms with van der Waals surface area (Å²) in [7, 11) is 1.44. The van der Waals surface area contributed by atoms with Crippen molar-refractivity contribution in [2.45, 2.75) is 13.8 Å². The van der Waals surface area contributed by atoms with Gasteiger partial charge in [-0.1, -0.05) is 37.0 Å². The Morgan fingerprint density at radius 1 is 1.00 bits per heavy atom. The van der Waals surface area contributed by atoms with Gasteiger partial charge >= 0.3 is 0 Å². The second kappa shape index (κ2) is 9.73. The molecule has 28 heavy (non-hydrogen) atoms. The number of anilines is 2. The van der Waals surface area contributed by atoms with Crippen LogP contribution in [0, 0.1) is 5.92 Å². The van der Waals surface area contributed by atoms with Gasteiger partial charge in [-0.25, -0.2) is 0 Å². The molecule has 2 aromatic carbocycles. The quantitative estimate of drug-likeness (QED) is 0.587. The van der Waals surface area contributed by atoms with Crippen molar-refractivity contribution in [3.8, 4) is 5.75 Å². The van der Waals surface area contributed by atoms with Crippen LogP contribution in [0.25, 0.3) is 0 Å². The van der Waals surface area contributed by atoms with E-state index in [0.717, 1.165) is 0 Å². The first-order chi connectivity index (χ1) is 13.2. The molecule has 0 fully saturated rings. The molecule has 0 aromatic heterocycles. The number of hydrogen-bond donors (Lipinski definition) is 3. The number of ether oxygens (including phenoxy) is 1. The fourth-order valence-electron chi connectivity index (χ4n) is 2.15. The molecule has 0 atom stereocenters. The van der Waals surface area contributed by atoms with E-state index in [1.807, 2.05) is 13.8 Å². The average molecular weight is 440 g/mol. The van der Waals surface area contributed by atoms with Crippen LogP contribution in [-0.4, -0.2) is 24.0 Å². The Hall–Kier alpha value is -2.35. The van der Waals surface area contributed by atoms with E-state index in [-0.39, 0.29) is 32.5 Å². The maximum atomic E-state index is 12.3. The van der Waals surface area contributed by atoms with Crippen molar-refractivity contribution in [1.82, 2.24) is 5.32 Å².